The number of hydrogen-bond acceptors (Lipinski definition) is 4. The van der Waals surface area contributed by atoms with Gasteiger partial charge in [-0.2, -0.15) is 0 Å². The van der Waals surface area contributed by atoms with Crippen LogP contribution in [0.15, 0.2) is 36.9 Å². The maximum atomic E-state index is 11.6. The van der Waals surface area contributed by atoms with E-state index in [9.17, 15) is 13.2 Å². The van der Waals surface area contributed by atoms with Crippen LogP contribution in [-0.4, -0.2) is 40.3 Å². The zero-order chi connectivity index (χ0) is 16.0. The van der Waals surface area contributed by atoms with Crippen LogP contribution in [0.3, 0.4) is 0 Å². The molecule has 0 heterocycles. The lowest BCUT2D eigenvalue weighted by molar-refractivity contribution is -0.127. The molecule has 0 aliphatic carbocycles. The van der Waals surface area contributed by atoms with Crippen LogP contribution in [0.5, 0.6) is 5.75 Å². The summed E-state index contributed by atoms with van der Waals surface area (Å²) in [5.74, 6) is 0.245. The fraction of sp³-hybridized carbons (Fsp3) is 0.357. The third-order valence-electron chi connectivity index (χ3n) is 2.80. The Bertz CT molecular complexity index is 596. The molecule has 7 heteroatoms. The van der Waals surface area contributed by atoms with E-state index in [2.05, 4.69) is 11.9 Å². The van der Waals surface area contributed by atoms with Crippen molar-refractivity contribution >= 4 is 21.6 Å². The molecule has 0 spiro atoms. The first-order valence-corrected chi connectivity index (χ1v) is 8.19. The topological polar surface area (TPSA) is 75.7 Å². The Morgan fingerprint density at radius 1 is 1.43 bits per heavy atom. The average molecular weight is 312 g/mol. The van der Waals surface area contributed by atoms with Crippen molar-refractivity contribution in [1.29, 1.82) is 0 Å². The smallest absolute Gasteiger partial charge is 0.261 e. The number of nitrogens with one attached hydrogen (secondary N) is 1. The number of nitrogens with zero attached hydrogens (tertiary/aromatic N) is 1. The molecule has 0 fully saturated rings. The molecule has 1 N–H and O–H groups in total. The molecule has 0 radical (unpaired) electrons. The maximum absolute atomic E-state index is 11.6. The molecule has 1 amide bonds. The van der Waals surface area contributed by atoms with Gasteiger partial charge in [0.05, 0.1) is 11.9 Å². The predicted octanol–water partition coefficient (Wildman–Crippen LogP) is 1.15. The van der Waals surface area contributed by atoms with Crippen LogP contribution in [0.25, 0.3) is 0 Å². The molecule has 0 aliphatic heterocycles. The summed E-state index contributed by atoms with van der Waals surface area (Å²) in [6, 6.07) is 6.47. The molecule has 0 aliphatic rings. The molecule has 1 aromatic carbocycles. The molecule has 1 aromatic rings. The lowest BCUT2D eigenvalue weighted by atomic mass is 10.3. The van der Waals surface area contributed by atoms with Gasteiger partial charge in [-0.3, -0.25) is 9.10 Å². The largest absolute Gasteiger partial charge is 0.481 e. The third kappa shape index (κ3) is 5.11. The monoisotopic (exact) mass is 312 g/mol. The number of benzene rings is 1. The van der Waals surface area contributed by atoms with Crippen molar-refractivity contribution < 1.29 is 17.9 Å². The van der Waals surface area contributed by atoms with Crippen LogP contribution >= 0.6 is 0 Å². The van der Waals surface area contributed by atoms with Crippen molar-refractivity contribution in [3.63, 3.8) is 0 Å². The second-order valence-electron chi connectivity index (χ2n) is 4.52. The molecule has 6 nitrogen and oxygen atoms in total. The Labute approximate surface area is 125 Å². The van der Waals surface area contributed by atoms with Crippen LogP contribution in [-0.2, 0) is 14.8 Å². The minimum absolute atomic E-state index is 0.243. The first-order valence-electron chi connectivity index (χ1n) is 6.35. The quantitative estimate of drug-likeness (QED) is 0.766. The number of carbonyl (C=O) groups is 1. The summed E-state index contributed by atoms with van der Waals surface area (Å²) in [6.07, 6.45) is 2.06. The van der Waals surface area contributed by atoms with Gasteiger partial charge in [-0.05, 0) is 31.2 Å². The Balaban J connectivity index is 2.71. The summed E-state index contributed by atoms with van der Waals surface area (Å²) in [4.78, 5) is 11.6. The first kappa shape index (κ1) is 17.0. The summed E-state index contributed by atoms with van der Waals surface area (Å²) in [7, 11) is -1.83. The van der Waals surface area contributed by atoms with Crippen molar-refractivity contribution in [3.8, 4) is 5.75 Å². The number of hydrogen-bond donors (Lipinski definition) is 1. The van der Waals surface area contributed by atoms with Gasteiger partial charge < -0.3 is 10.1 Å². The van der Waals surface area contributed by atoms with E-state index in [0.717, 1.165) is 10.6 Å². The van der Waals surface area contributed by atoms with E-state index < -0.39 is 16.1 Å². The van der Waals surface area contributed by atoms with E-state index >= 15 is 0 Å². The molecule has 1 rings (SSSR count). The predicted molar refractivity (Wildman–Crippen MR) is 83.0 cm³/mol. The summed E-state index contributed by atoms with van der Waals surface area (Å²) in [6.45, 7) is 5.53. The number of amides is 1. The Hall–Kier alpha value is -2.02. The summed E-state index contributed by atoms with van der Waals surface area (Å²) in [5, 5.41) is 2.63. The molecule has 0 aromatic heterocycles. The van der Waals surface area contributed by atoms with Crippen LogP contribution < -0.4 is 14.4 Å². The van der Waals surface area contributed by atoms with Crippen LogP contribution in [0, 0.1) is 0 Å². The highest BCUT2D eigenvalue weighted by atomic mass is 32.2. The zero-order valence-electron chi connectivity index (χ0n) is 12.4. The van der Waals surface area contributed by atoms with E-state index in [-0.39, 0.29) is 5.91 Å². The lowest BCUT2D eigenvalue weighted by Crippen LogP contribution is -2.36. The number of ether oxygens (including phenoxy) is 1. The molecule has 0 bridgehead atoms. The molecule has 1 atom stereocenters. The standard InChI is InChI=1S/C14H20N2O4S/c1-5-10-15-14(17)11(2)20-13-8-6-12(7-9-13)16(3)21(4,18)19/h5-9,11H,1,10H2,2-4H3,(H,15,17). The molecular weight excluding hydrogens is 292 g/mol. The lowest BCUT2D eigenvalue weighted by Gasteiger charge is -2.18. The van der Waals surface area contributed by atoms with Gasteiger partial charge in [0.15, 0.2) is 6.10 Å². The molecule has 21 heavy (non-hydrogen) atoms. The second kappa shape index (κ2) is 7.12. The maximum Gasteiger partial charge on any atom is 0.261 e. The van der Waals surface area contributed by atoms with Gasteiger partial charge in [0.25, 0.3) is 5.91 Å². The third-order valence-corrected chi connectivity index (χ3v) is 4.01. The minimum atomic E-state index is -3.30. The highest BCUT2D eigenvalue weighted by Gasteiger charge is 2.15. The van der Waals surface area contributed by atoms with Gasteiger partial charge in [-0.1, -0.05) is 6.08 Å². The van der Waals surface area contributed by atoms with Gasteiger partial charge in [0.1, 0.15) is 5.75 Å². The first-order chi connectivity index (χ1) is 9.75. The van der Waals surface area contributed by atoms with E-state index in [1.807, 2.05) is 0 Å². The number of carbonyl (C=O) groups excluding carboxylic acids is 1. The molecule has 1 unspecified atom stereocenters. The van der Waals surface area contributed by atoms with E-state index in [1.54, 1.807) is 37.3 Å². The van der Waals surface area contributed by atoms with E-state index in [0.29, 0.717) is 18.0 Å². The fourth-order valence-electron chi connectivity index (χ4n) is 1.50. The zero-order valence-corrected chi connectivity index (χ0v) is 13.2. The highest BCUT2D eigenvalue weighted by Crippen LogP contribution is 2.20. The van der Waals surface area contributed by atoms with Gasteiger partial charge in [-0.15, -0.1) is 6.58 Å². The number of rotatable bonds is 7. The Kier molecular flexibility index (Phi) is 5.78. The van der Waals surface area contributed by atoms with Crippen molar-refractivity contribution in [2.24, 2.45) is 0 Å². The van der Waals surface area contributed by atoms with Crippen molar-refractivity contribution in [2.45, 2.75) is 13.0 Å². The summed E-state index contributed by atoms with van der Waals surface area (Å²) < 4.78 is 29.5. The normalized spacial score (nSPS) is 12.3. The Morgan fingerprint density at radius 2 is 2.00 bits per heavy atom. The second-order valence-corrected chi connectivity index (χ2v) is 6.53. The summed E-state index contributed by atoms with van der Waals surface area (Å²) >= 11 is 0. The van der Waals surface area contributed by atoms with Crippen molar-refractivity contribution in [1.82, 2.24) is 5.32 Å². The van der Waals surface area contributed by atoms with E-state index in [1.165, 1.54) is 7.05 Å². The van der Waals surface area contributed by atoms with Crippen LogP contribution in [0.2, 0.25) is 0 Å². The molecular formula is C14H20N2O4S. The molecule has 116 valence electrons. The van der Waals surface area contributed by atoms with Gasteiger partial charge >= 0.3 is 0 Å². The van der Waals surface area contributed by atoms with Crippen LogP contribution in [0.4, 0.5) is 5.69 Å². The molecule has 0 saturated heterocycles. The van der Waals surface area contributed by atoms with Gasteiger partial charge in [0, 0.05) is 13.6 Å². The van der Waals surface area contributed by atoms with Gasteiger partial charge in [-0.25, -0.2) is 8.42 Å². The highest BCUT2D eigenvalue weighted by molar-refractivity contribution is 7.92. The number of anilines is 1. The average Bonchev–Trinajstić information content (AvgIpc) is 2.43. The number of sulfonamides is 1. The fourth-order valence-corrected chi connectivity index (χ4v) is 2.00. The SMILES string of the molecule is C=CCNC(=O)C(C)Oc1ccc(N(C)S(C)(=O)=O)cc1. The summed E-state index contributed by atoms with van der Waals surface area (Å²) in [5.41, 5.74) is 0.522. The Morgan fingerprint density at radius 3 is 2.48 bits per heavy atom. The minimum Gasteiger partial charge on any atom is -0.481 e. The van der Waals surface area contributed by atoms with Crippen molar-refractivity contribution in [3.05, 3.63) is 36.9 Å². The molecule has 0 saturated carbocycles. The van der Waals surface area contributed by atoms with E-state index in [4.69, 9.17) is 4.74 Å². The van der Waals surface area contributed by atoms with Crippen LogP contribution in [0.1, 0.15) is 6.92 Å². The van der Waals surface area contributed by atoms with Crippen molar-refractivity contribution in [2.75, 3.05) is 24.2 Å². The van der Waals surface area contributed by atoms with Gasteiger partial charge in [0.2, 0.25) is 10.0 Å².